The van der Waals surface area contributed by atoms with E-state index in [0.29, 0.717) is 33.9 Å². The lowest BCUT2D eigenvalue weighted by Gasteiger charge is -2.22. The summed E-state index contributed by atoms with van der Waals surface area (Å²) in [4.78, 5) is 28.4. The van der Waals surface area contributed by atoms with E-state index in [1.165, 1.54) is 7.11 Å². The van der Waals surface area contributed by atoms with Gasteiger partial charge in [0.05, 0.1) is 43.5 Å². The Hall–Kier alpha value is -3.59. The number of H-pyrrole nitrogens is 1. The number of aliphatic hydroxyl groups excluding tert-OH is 1. The van der Waals surface area contributed by atoms with Crippen LogP contribution in [0.25, 0.3) is 10.9 Å². The van der Waals surface area contributed by atoms with Gasteiger partial charge in [-0.15, -0.1) is 0 Å². The van der Waals surface area contributed by atoms with Crippen LogP contribution in [0.4, 0.5) is 11.6 Å². The third-order valence-electron chi connectivity index (χ3n) is 5.58. The number of hydrogen-bond acceptors (Lipinski definition) is 7. The summed E-state index contributed by atoms with van der Waals surface area (Å²) in [6.07, 6.45) is -0.807. The van der Waals surface area contributed by atoms with Crippen LogP contribution in [0.1, 0.15) is 24.2 Å². The summed E-state index contributed by atoms with van der Waals surface area (Å²) in [5.74, 6) is 2.22. The normalized spacial score (nSPS) is 12.5. The third kappa shape index (κ3) is 5.09. The van der Waals surface area contributed by atoms with Gasteiger partial charge in [-0.25, -0.2) is 4.99 Å². The van der Waals surface area contributed by atoms with E-state index in [9.17, 15) is 9.90 Å². The lowest BCUT2D eigenvalue weighted by atomic mass is 10.1. The molecule has 2 aromatic carbocycles. The second kappa shape index (κ2) is 9.91. The van der Waals surface area contributed by atoms with Crippen molar-refractivity contribution in [3.8, 4) is 11.5 Å². The fraction of sp³-hybridized carbons (Fsp3) is 0.375. The number of fused-ring (bicyclic) bond motifs is 1. The van der Waals surface area contributed by atoms with Crippen LogP contribution in [0.5, 0.6) is 11.5 Å². The minimum Gasteiger partial charge on any atom is -0.493 e. The van der Waals surface area contributed by atoms with Gasteiger partial charge in [-0.3, -0.25) is 4.79 Å². The number of ether oxygens (including phenoxy) is 2. The number of aliphatic imine (C=N–C) groups is 1. The molecule has 9 heteroatoms. The topological polar surface area (TPSA) is 103 Å². The minimum atomic E-state index is -0.807. The number of aliphatic hydroxyl groups is 1. The summed E-state index contributed by atoms with van der Waals surface area (Å²) in [6.45, 7) is 3.94. The fourth-order valence-electron chi connectivity index (χ4n) is 3.57. The molecule has 0 spiro atoms. The standard InChI is InChI=1S/C24H31N5O4/c1-14-21-18(12-20(32-6)22(14)33-7)26-24(27-23(21)31)29(5)13-19(30)16-9-8-10-17(11-16)25-15(2)28(3)4/h8-12,19,30H,13H2,1-7H3,(H,26,27,31)/b25-15+. The van der Waals surface area contributed by atoms with Crippen molar-refractivity contribution in [2.75, 3.05) is 46.8 Å². The number of methoxy groups -OCH3 is 2. The number of aromatic nitrogens is 2. The molecule has 2 N–H and O–H groups in total. The van der Waals surface area contributed by atoms with Gasteiger partial charge in [0.15, 0.2) is 11.5 Å². The number of rotatable bonds is 7. The van der Waals surface area contributed by atoms with E-state index in [1.54, 1.807) is 32.0 Å². The van der Waals surface area contributed by atoms with Crippen molar-refractivity contribution in [3.05, 3.63) is 51.8 Å². The summed E-state index contributed by atoms with van der Waals surface area (Å²) in [6, 6.07) is 9.16. The molecule has 0 amide bonds. The number of nitrogens with zero attached hydrogens (tertiary/aromatic N) is 4. The number of nitrogens with one attached hydrogen (secondary N) is 1. The fourth-order valence-corrected chi connectivity index (χ4v) is 3.57. The van der Waals surface area contributed by atoms with Gasteiger partial charge >= 0.3 is 0 Å². The first-order valence-corrected chi connectivity index (χ1v) is 10.5. The van der Waals surface area contributed by atoms with Gasteiger partial charge < -0.3 is 29.4 Å². The van der Waals surface area contributed by atoms with Gasteiger partial charge in [-0.2, -0.15) is 4.98 Å². The first-order chi connectivity index (χ1) is 15.7. The van der Waals surface area contributed by atoms with Crippen LogP contribution in [0, 0.1) is 6.92 Å². The van der Waals surface area contributed by atoms with E-state index in [4.69, 9.17) is 9.47 Å². The molecular weight excluding hydrogens is 422 g/mol. The first kappa shape index (κ1) is 24.1. The zero-order valence-electron chi connectivity index (χ0n) is 20.1. The predicted molar refractivity (Wildman–Crippen MR) is 131 cm³/mol. The highest BCUT2D eigenvalue weighted by Gasteiger charge is 2.18. The van der Waals surface area contributed by atoms with Crippen LogP contribution in [0.15, 0.2) is 40.1 Å². The van der Waals surface area contributed by atoms with Gasteiger partial charge in [-0.1, -0.05) is 12.1 Å². The molecule has 3 rings (SSSR count). The summed E-state index contributed by atoms with van der Waals surface area (Å²) < 4.78 is 10.8. The Balaban J connectivity index is 1.90. The van der Waals surface area contributed by atoms with Crippen molar-refractivity contribution in [1.82, 2.24) is 14.9 Å². The number of likely N-dealkylation sites (N-methyl/N-ethyl adjacent to an activating group) is 1. The average Bonchev–Trinajstić information content (AvgIpc) is 2.78. The number of amidine groups is 1. The Kier molecular flexibility index (Phi) is 7.23. The van der Waals surface area contributed by atoms with Gasteiger partial charge in [0.1, 0.15) is 5.84 Å². The Labute approximate surface area is 193 Å². The van der Waals surface area contributed by atoms with Crippen LogP contribution in [0.3, 0.4) is 0 Å². The molecule has 1 aromatic heterocycles. The molecule has 0 radical (unpaired) electrons. The van der Waals surface area contributed by atoms with Gasteiger partial charge in [0.25, 0.3) is 5.56 Å². The Morgan fingerprint density at radius 2 is 1.94 bits per heavy atom. The summed E-state index contributed by atoms with van der Waals surface area (Å²) in [7, 11) is 8.70. The van der Waals surface area contributed by atoms with Gasteiger partial charge in [0.2, 0.25) is 5.95 Å². The van der Waals surface area contributed by atoms with Crippen molar-refractivity contribution >= 4 is 28.4 Å². The average molecular weight is 454 g/mol. The Bertz CT molecular complexity index is 1240. The van der Waals surface area contributed by atoms with Crippen molar-refractivity contribution < 1.29 is 14.6 Å². The van der Waals surface area contributed by atoms with Crippen LogP contribution in [-0.2, 0) is 0 Å². The first-order valence-electron chi connectivity index (χ1n) is 10.5. The molecule has 9 nitrogen and oxygen atoms in total. The Morgan fingerprint density at radius 3 is 2.58 bits per heavy atom. The summed E-state index contributed by atoms with van der Waals surface area (Å²) >= 11 is 0. The largest absolute Gasteiger partial charge is 0.493 e. The zero-order valence-corrected chi connectivity index (χ0v) is 20.1. The zero-order chi connectivity index (χ0) is 24.3. The maximum atomic E-state index is 12.8. The van der Waals surface area contributed by atoms with Crippen molar-refractivity contribution in [2.45, 2.75) is 20.0 Å². The molecule has 1 unspecified atom stereocenters. The third-order valence-corrected chi connectivity index (χ3v) is 5.58. The molecule has 1 atom stereocenters. The molecular formula is C24H31N5O4. The molecule has 0 aliphatic heterocycles. The number of aromatic amines is 1. The molecule has 33 heavy (non-hydrogen) atoms. The van der Waals surface area contributed by atoms with Crippen LogP contribution in [-0.4, -0.2) is 67.7 Å². The molecule has 0 bridgehead atoms. The van der Waals surface area contributed by atoms with E-state index in [1.807, 2.05) is 50.2 Å². The summed E-state index contributed by atoms with van der Waals surface area (Å²) in [5.41, 5.74) is 2.33. The highest BCUT2D eigenvalue weighted by molar-refractivity contribution is 5.87. The highest BCUT2D eigenvalue weighted by Crippen LogP contribution is 2.35. The number of benzene rings is 2. The summed E-state index contributed by atoms with van der Waals surface area (Å²) in [5, 5.41) is 11.3. The van der Waals surface area contributed by atoms with E-state index < -0.39 is 6.10 Å². The smallest absolute Gasteiger partial charge is 0.282 e. The van der Waals surface area contributed by atoms with E-state index >= 15 is 0 Å². The lowest BCUT2D eigenvalue weighted by molar-refractivity contribution is 0.184. The molecule has 176 valence electrons. The monoisotopic (exact) mass is 453 g/mol. The van der Waals surface area contributed by atoms with Crippen molar-refractivity contribution in [3.63, 3.8) is 0 Å². The molecule has 0 aliphatic carbocycles. The number of hydrogen-bond donors (Lipinski definition) is 2. The van der Waals surface area contributed by atoms with Gasteiger partial charge in [-0.05, 0) is 31.5 Å². The lowest BCUT2D eigenvalue weighted by Crippen LogP contribution is -2.28. The van der Waals surface area contributed by atoms with Gasteiger partial charge in [0, 0.05) is 32.8 Å². The van der Waals surface area contributed by atoms with Crippen molar-refractivity contribution in [2.24, 2.45) is 4.99 Å². The highest BCUT2D eigenvalue weighted by atomic mass is 16.5. The molecule has 1 heterocycles. The SMILES string of the molecule is COc1cc2[nH]c(N(C)CC(O)c3cccc(/N=C(\C)N(C)C)c3)nc(=O)c2c(C)c1OC. The van der Waals surface area contributed by atoms with E-state index in [2.05, 4.69) is 15.0 Å². The van der Waals surface area contributed by atoms with Crippen LogP contribution >= 0.6 is 0 Å². The maximum Gasteiger partial charge on any atom is 0.282 e. The minimum absolute atomic E-state index is 0.223. The van der Waals surface area contributed by atoms with Crippen molar-refractivity contribution in [1.29, 1.82) is 0 Å². The molecule has 3 aromatic rings. The molecule has 0 aliphatic rings. The Morgan fingerprint density at radius 1 is 1.21 bits per heavy atom. The predicted octanol–water partition coefficient (Wildman–Crippen LogP) is 3.03. The van der Waals surface area contributed by atoms with E-state index in [-0.39, 0.29) is 12.1 Å². The van der Waals surface area contributed by atoms with E-state index in [0.717, 1.165) is 17.1 Å². The molecule has 0 fully saturated rings. The number of anilines is 1. The maximum absolute atomic E-state index is 12.8. The molecule has 0 saturated heterocycles. The molecule has 0 saturated carbocycles. The van der Waals surface area contributed by atoms with Crippen LogP contribution < -0.4 is 19.9 Å². The number of aryl methyl sites for hydroxylation is 1. The second-order valence-corrected chi connectivity index (χ2v) is 8.07. The second-order valence-electron chi connectivity index (χ2n) is 8.07. The van der Waals surface area contributed by atoms with Crippen LogP contribution in [0.2, 0.25) is 0 Å². The quantitative estimate of drug-likeness (QED) is 0.419.